The molecule has 1 saturated heterocycles. The summed E-state index contributed by atoms with van der Waals surface area (Å²) in [6.07, 6.45) is -8.01. The third-order valence-electron chi connectivity index (χ3n) is 5.09. The number of hydrogen-bond acceptors (Lipinski definition) is 11. The highest BCUT2D eigenvalue weighted by Gasteiger charge is 2.60. The Morgan fingerprint density at radius 1 is 1.18 bits per heavy atom. The van der Waals surface area contributed by atoms with Gasteiger partial charge < -0.3 is 51.4 Å². The van der Waals surface area contributed by atoms with Crippen molar-refractivity contribution in [1.82, 2.24) is 10.6 Å². The molecule has 0 spiro atoms. The van der Waals surface area contributed by atoms with Crippen LogP contribution in [0.4, 0.5) is 0 Å². The quantitative estimate of drug-likeness (QED) is 0.129. The van der Waals surface area contributed by atoms with Gasteiger partial charge in [0.05, 0.1) is 18.7 Å². The number of hydrogen-bond donors (Lipinski definition) is 8. The van der Waals surface area contributed by atoms with Gasteiger partial charge in [-0.2, -0.15) is 0 Å². The van der Waals surface area contributed by atoms with Crippen molar-refractivity contribution < 1.29 is 59.0 Å². The second-order valence-corrected chi connectivity index (χ2v) is 7.93. The molecule has 0 aromatic rings. The molecule has 0 saturated carbocycles. The van der Waals surface area contributed by atoms with Gasteiger partial charge in [-0.05, 0) is 20.3 Å². The average molecular weight is 493 g/mol. The third-order valence-corrected chi connectivity index (χ3v) is 5.09. The Balaban J connectivity index is 3.52. The Kier molecular flexibility index (Phi) is 10.5. The van der Waals surface area contributed by atoms with Gasteiger partial charge >= 0.3 is 11.9 Å². The normalized spacial score (nSPS) is 29.4. The van der Waals surface area contributed by atoms with Crippen molar-refractivity contribution in [1.29, 1.82) is 0 Å². The molecule has 0 radical (unpaired) electrons. The number of nitrogens with two attached hydrogens (primary N) is 1. The van der Waals surface area contributed by atoms with Crippen molar-refractivity contribution in [3.05, 3.63) is 0 Å². The number of nitrogens with one attached hydrogen (secondary N) is 2. The van der Waals surface area contributed by atoms with Gasteiger partial charge in [0, 0.05) is 13.3 Å². The number of aliphatic carboxylic acids is 2. The first-order valence-corrected chi connectivity index (χ1v) is 10.3. The fourth-order valence-electron chi connectivity index (χ4n) is 3.30. The monoisotopic (exact) mass is 493 g/mol. The van der Waals surface area contributed by atoms with Crippen molar-refractivity contribution in [3.8, 4) is 0 Å². The first-order chi connectivity index (χ1) is 15.6. The van der Waals surface area contributed by atoms with Crippen LogP contribution in [-0.4, -0.2) is 110 Å². The van der Waals surface area contributed by atoms with Gasteiger partial charge in [0.2, 0.25) is 17.6 Å². The van der Waals surface area contributed by atoms with Crippen LogP contribution in [0.25, 0.3) is 0 Å². The number of ether oxygens (including phenoxy) is 2. The van der Waals surface area contributed by atoms with E-state index in [1.807, 2.05) is 0 Å². The second-order valence-electron chi connectivity index (χ2n) is 7.93. The molecule has 1 aliphatic heterocycles. The SMILES string of the molecule is CC(=O)N[C@@H]1[C@@H](O[C@H](C)C(=O)O)[C@H](O)[C@@H](CO)OC1(O)C(=O)[C@@H](CCC(=O)O)NC(=O)[C@H](C)N. The Labute approximate surface area is 194 Å². The van der Waals surface area contributed by atoms with E-state index in [2.05, 4.69) is 10.6 Å². The number of carbonyl (C=O) groups is 5. The van der Waals surface area contributed by atoms with Crippen molar-refractivity contribution in [2.45, 2.75) is 81.9 Å². The number of Topliss-reactive ketones (excluding diaryl/α,β-unsaturated/α-hetero) is 1. The van der Waals surface area contributed by atoms with Crippen molar-refractivity contribution >= 4 is 29.5 Å². The summed E-state index contributed by atoms with van der Waals surface area (Å²) in [4.78, 5) is 59.7. The number of amides is 2. The van der Waals surface area contributed by atoms with Gasteiger partial charge in [-0.25, -0.2) is 4.79 Å². The molecule has 8 atom stereocenters. The molecule has 0 bridgehead atoms. The predicted molar refractivity (Wildman–Crippen MR) is 110 cm³/mol. The molecule has 1 heterocycles. The minimum Gasteiger partial charge on any atom is -0.481 e. The molecule has 2 amide bonds. The molecule has 1 aliphatic rings. The standard InChI is InChI=1S/C19H31N3O12/c1-7(20)17(29)22-10(4-5-12(25)26)16(28)19(32)15(21-9(3)24)14(33-8(2)18(30)31)13(27)11(6-23)34-19/h7-8,10-11,13-15,23,27,32H,4-6,20H2,1-3H3,(H,21,24)(H,22,29)(H,25,26)(H,30,31)/t7-,8+,10+,11+,13+,14-,15+,19?/m0/s1. The van der Waals surface area contributed by atoms with Crippen LogP contribution in [0.5, 0.6) is 0 Å². The molecular weight excluding hydrogens is 462 g/mol. The van der Waals surface area contributed by atoms with Gasteiger partial charge in [0.1, 0.15) is 24.4 Å². The molecule has 0 aromatic carbocycles. The van der Waals surface area contributed by atoms with E-state index in [0.29, 0.717) is 0 Å². The summed E-state index contributed by atoms with van der Waals surface area (Å²) in [6, 6.07) is -4.73. The minimum absolute atomic E-state index is 0.519. The minimum atomic E-state index is -3.09. The first kappa shape index (κ1) is 29.3. The number of carbonyl (C=O) groups excluding carboxylic acids is 3. The number of ketones is 1. The first-order valence-electron chi connectivity index (χ1n) is 10.3. The lowest BCUT2D eigenvalue weighted by Gasteiger charge is -2.49. The van der Waals surface area contributed by atoms with Gasteiger partial charge in [-0.3, -0.25) is 19.2 Å². The summed E-state index contributed by atoms with van der Waals surface area (Å²) in [5.41, 5.74) is 5.48. The summed E-state index contributed by atoms with van der Waals surface area (Å²) in [5, 5.41) is 54.0. The molecular formula is C19H31N3O12. The molecule has 0 aromatic heterocycles. The van der Waals surface area contributed by atoms with Crippen LogP contribution in [0, 0.1) is 0 Å². The van der Waals surface area contributed by atoms with E-state index in [1.54, 1.807) is 0 Å². The van der Waals surface area contributed by atoms with Crippen molar-refractivity contribution in [3.63, 3.8) is 0 Å². The number of carboxylic acid groups (broad SMARTS) is 2. The Morgan fingerprint density at radius 2 is 1.76 bits per heavy atom. The second kappa shape index (κ2) is 12.1. The van der Waals surface area contributed by atoms with E-state index in [0.717, 1.165) is 13.8 Å². The third kappa shape index (κ3) is 7.15. The van der Waals surface area contributed by atoms with Crippen molar-refractivity contribution in [2.24, 2.45) is 5.73 Å². The highest BCUT2D eigenvalue weighted by Crippen LogP contribution is 2.33. The molecule has 1 unspecified atom stereocenters. The molecule has 1 fully saturated rings. The summed E-state index contributed by atoms with van der Waals surface area (Å²) in [6.45, 7) is 2.40. The number of aliphatic hydroxyl groups is 3. The maximum atomic E-state index is 13.4. The summed E-state index contributed by atoms with van der Waals surface area (Å²) >= 11 is 0. The molecule has 0 aliphatic carbocycles. The van der Waals surface area contributed by atoms with Gasteiger partial charge in [0.15, 0.2) is 6.10 Å². The zero-order chi connectivity index (χ0) is 26.4. The maximum Gasteiger partial charge on any atom is 0.332 e. The van der Waals surface area contributed by atoms with Gasteiger partial charge in [-0.1, -0.05) is 0 Å². The van der Waals surface area contributed by atoms with E-state index in [9.17, 15) is 44.4 Å². The van der Waals surface area contributed by atoms with Gasteiger partial charge in [-0.15, -0.1) is 0 Å². The zero-order valence-corrected chi connectivity index (χ0v) is 18.8. The number of aliphatic hydroxyl groups excluding tert-OH is 2. The lowest BCUT2D eigenvalue weighted by atomic mass is 9.84. The molecule has 34 heavy (non-hydrogen) atoms. The number of carboxylic acids is 2. The summed E-state index contributed by atoms with van der Waals surface area (Å²) < 4.78 is 10.5. The lowest BCUT2D eigenvalue weighted by molar-refractivity contribution is -0.310. The fraction of sp³-hybridized carbons (Fsp3) is 0.737. The topological polar surface area (TPSA) is 255 Å². The van der Waals surface area contributed by atoms with E-state index in [-0.39, 0.29) is 0 Å². The molecule has 15 nitrogen and oxygen atoms in total. The molecule has 194 valence electrons. The maximum absolute atomic E-state index is 13.4. The Morgan fingerprint density at radius 3 is 2.21 bits per heavy atom. The smallest absolute Gasteiger partial charge is 0.332 e. The van der Waals surface area contributed by atoms with E-state index < -0.39 is 97.3 Å². The van der Waals surface area contributed by atoms with Gasteiger partial charge in [0.25, 0.3) is 5.79 Å². The highest BCUT2D eigenvalue weighted by atomic mass is 16.7. The fourth-order valence-corrected chi connectivity index (χ4v) is 3.30. The summed E-state index contributed by atoms with van der Waals surface area (Å²) in [5.74, 6) is -8.95. The van der Waals surface area contributed by atoms with Crippen molar-refractivity contribution in [2.75, 3.05) is 6.61 Å². The average Bonchev–Trinajstić information content (AvgIpc) is 2.74. The number of rotatable bonds is 12. The predicted octanol–water partition coefficient (Wildman–Crippen LogP) is -3.94. The van der Waals surface area contributed by atoms with E-state index in [1.165, 1.54) is 6.92 Å². The van der Waals surface area contributed by atoms with Crippen LogP contribution in [0.1, 0.15) is 33.6 Å². The summed E-state index contributed by atoms with van der Waals surface area (Å²) in [7, 11) is 0. The highest BCUT2D eigenvalue weighted by molar-refractivity contribution is 5.96. The van der Waals surface area contributed by atoms with Crippen LogP contribution in [0.2, 0.25) is 0 Å². The molecule has 9 N–H and O–H groups in total. The Bertz CT molecular complexity index is 790. The lowest BCUT2D eigenvalue weighted by Crippen LogP contribution is -2.75. The van der Waals surface area contributed by atoms with Crippen LogP contribution in [0.15, 0.2) is 0 Å². The van der Waals surface area contributed by atoms with E-state index in [4.69, 9.17) is 20.3 Å². The van der Waals surface area contributed by atoms with Crippen LogP contribution < -0.4 is 16.4 Å². The van der Waals surface area contributed by atoms with Crippen LogP contribution in [0.3, 0.4) is 0 Å². The Hall–Kier alpha value is -2.69. The van der Waals surface area contributed by atoms with E-state index >= 15 is 0 Å². The van der Waals surface area contributed by atoms with Crippen LogP contribution >= 0.6 is 0 Å². The molecule has 15 heteroatoms. The molecule has 1 rings (SSSR count). The zero-order valence-electron chi connectivity index (χ0n) is 18.8. The largest absolute Gasteiger partial charge is 0.481 e. The van der Waals surface area contributed by atoms with Crippen LogP contribution in [-0.2, 0) is 33.4 Å².